The van der Waals surface area contributed by atoms with E-state index in [1.54, 1.807) is 0 Å². The molecule has 3 heterocycles. The average Bonchev–Trinajstić information content (AvgIpc) is 3.28. The highest BCUT2D eigenvalue weighted by Crippen LogP contribution is 2.43. The second-order valence-electron chi connectivity index (χ2n) is 9.16. The molecule has 2 aliphatic carbocycles. The maximum atomic E-state index is 6.55. The second kappa shape index (κ2) is 7.84. The summed E-state index contributed by atoms with van der Waals surface area (Å²) in [4.78, 5) is 0.430. The molecule has 3 aliphatic heterocycles. The smallest absolute Gasteiger partial charge is 0.169 e. The van der Waals surface area contributed by atoms with Gasteiger partial charge in [-0.2, -0.15) is 0 Å². The average molecular weight is 445 g/mol. The molecule has 0 radical (unpaired) electrons. The van der Waals surface area contributed by atoms with E-state index in [9.17, 15) is 0 Å². The number of hydrogen-bond donors (Lipinski definition) is 0. The molecule has 5 fully saturated rings. The van der Waals surface area contributed by atoms with Gasteiger partial charge in [-0.15, -0.1) is 0 Å². The van der Waals surface area contributed by atoms with Crippen molar-refractivity contribution >= 4 is 15.9 Å². The summed E-state index contributed by atoms with van der Waals surface area (Å²) in [6.45, 7) is 1.31. The Labute approximate surface area is 170 Å². The third kappa shape index (κ3) is 3.99. The van der Waals surface area contributed by atoms with Crippen LogP contribution in [0, 0.1) is 0 Å². The Balaban J connectivity index is 1.21. The van der Waals surface area contributed by atoms with Gasteiger partial charge in [0.15, 0.2) is 11.6 Å². The van der Waals surface area contributed by atoms with Crippen LogP contribution in [0.25, 0.3) is 0 Å². The molecule has 0 amide bonds. The predicted molar refractivity (Wildman–Crippen MR) is 104 cm³/mol. The number of alkyl halides is 1. The van der Waals surface area contributed by atoms with Crippen LogP contribution in [0.15, 0.2) is 0 Å². The van der Waals surface area contributed by atoms with Gasteiger partial charge in [0.05, 0.1) is 25.4 Å². The van der Waals surface area contributed by atoms with E-state index in [-0.39, 0.29) is 36.0 Å². The molecule has 27 heavy (non-hydrogen) atoms. The Morgan fingerprint density at radius 2 is 1.04 bits per heavy atom. The van der Waals surface area contributed by atoms with Gasteiger partial charge in [0.2, 0.25) is 0 Å². The van der Waals surface area contributed by atoms with Crippen molar-refractivity contribution in [2.24, 2.45) is 0 Å². The zero-order valence-corrected chi connectivity index (χ0v) is 17.8. The van der Waals surface area contributed by atoms with Gasteiger partial charge in [-0.05, 0) is 38.5 Å². The molecular formula is C21H33BrO5. The van der Waals surface area contributed by atoms with Gasteiger partial charge in [-0.1, -0.05) is 28.8 Å². The fourth-order valence-electron chi connectivity index (χ4n) is 5.64. The van der Waals surface area contributed by atoms with Crippen LogP contribution in [0.3, 0.4) is 0 Å². The van der Waals surface area contributed by atoms with E-state index in [0.717, 1.165) is 38.5 Å². The lowest BCUT2D eigenvalue weighted by molar-refractivity contribution is -0.222. The van der Waals surface area contributed by atoms with E-state index in [2.05, 4.69) is 15.9 Å². The molecule has 3 saturated heterocycles. The molecule has 2 saturated carbocycles. The van der Waals surface area contributed by atoms with Crippen molar-refractivity contribution in [3.05, 3.63) is 0 Å². The molecule has 0 bridgehead atoms. The Morgan fingerprint density at radius 1 is 0.593 bits per heavy atom. The lowest BCUT2D eigenvalue weighted by Gasteiger charge is -2.39. The fourth-order valence-corrected chi connectivity index (χ4v) is 6.38. The van der Waals surface area contributed by atoms with E-state index in [1.165, 1.54) is 38.5 Å². The van der Waals surface area contributed by atoms with Crippen molar-refractivity contribution in [1.29, 1.82) is 0 Å². The van der Waals surface area contributed by atoms with Crippen molar-refractivity contribution < 1.29 is 23.7 Å². The summed E-state index contributed by atoms with van der Waals surface area (Å²) < 4.78 is 31.8. The van der Waals surface area contributed by atoms with Gasteiger partial charge in [-0.25, -0.2) is 0 Å². The first kappa shape index (κ1) is 19.3. The van der Waals surface area contributed by atoms with E-state index in [4.69, 9.17) is 23.7 Å². The van der Waals surface area contributed by atoms with Crippen LogP contribution in [0.4, 0.5) is 0 Å². The Morgan fingerprint density at radius 3 is 1.48 bits per heavy atom. The first-order chi connectivity index (χ1) is 13.2. The SMILES string of the molecule is BrC1C[C@@H]([C@H]2COC3(CCCCC3)O2)O[C@@H]([C@H]2COC3(CCCCC3)O2)C1. The van der Waals surface area contributed by atoms with Crippen LogP contribution in [0.1, 0.15) is 77.0 Å². The molecule has 1 unspecified atom stereocenters. The van der Waals surface area contributed by atoms with Crippen LogP contribution in [-0.4, -0.2) is 54.0 Å². The molecule has 5 atom stereocenters. The monoisotopic (exact) mass is 444 g/mol. The van der Waals surface area contributed by atoms with Crippen LogP contribution < -0.4 is 0 Å². The van der Waals surface area contributed by atoms with Gasteiger partial charge in [-0.3, -0.25) is 0 Å². The Hall–Kier alpha value is 0.280. The molecule has 0 aromatic carbocycles. The molecule has 0 N–H and O–H groups in total. The molecule has 5 nitrogen and oxygen atoms in total. The van der Waals surface area contributed by atoms with E-state index in [1.807, 2.05) is 0 Å². The zero-order chi connectivity index (χ0) is 18.3. The molecule has 2 spiro atoms. The molecule has 0 aromatic heterocycles. The van der Waals surface area contributed by atoms with Crippen molar-refractivity contribution in [1.82, 2.24) is 0 Å². The maximum Gasteiger partial charge on any atom is 0.169 e. The van der Waals surface area contributed by atoms with Crippen molar-refractivity contribution in [3.63, 3.8) is 0 Å². The molecule has 0 aromatic rings. The van der Waals surface area contributed by atoms with Gasteiger partial charge >= 0.3 is 0 Å². The normalized spacial score (nSPS) is 44.1. The maximum absolute atomic E-state index is 6.55. The summed E-state index contributed by atoms with van der Waals surface area (Å²) in [5.41, 5.74) is 0. The van der Waals surface area contributed by atoms with Gasteiger partial charge < -0.3 is 23.7 Å². The topological polar surface area (TPSA) is 46.2 Å². The molecule has 154 valence electrons. The third-order valence-electron chi connectivity index (χ3n) is 7.14. The summed E-state index contributed by atoms with van der Waals surface area (Å²) in [7, 11) is 0. The van der Waals surface area contributed by atoms with Gasteiger partial charge in [0, 0.05) is 30.5 Å². The zero-order valence-electron chi connectivity index (χ0n) is 16.2. The first-order valence-electron chi connectivity index (χ1n) is 11.1. The molecular weight excluding hydrogens is 412 g/mol. The van der Waals surface area contributed by atoms with Crippen molar-refractivity contribution in [2.45, 2.75) is 118 Å². The fraction of sp³-hybridized carbons (Fsp3) is 1.00. The minimum atomic E-state index is -0.333. The van der Waals surface area contributed by atoms with Crippen molar-refractivity contribution in [2.75, 3.05) is 13.2 Å². The van der Waals surface area contributed by atoms with E-state index >= 15 is 0 Å². The number of rotatable bonds is 2. The molecule has 5 aliphatic rings. The highest BCUT2D eigenvalue weighted by molar-refractivity contribution is 9.09. The molecule has 6 heteroatoms. The first-order valence-corrected chi connectivity index (χ1v) is 12.0. The second-order valence-corrected chi connectivity index (χ2v) is 10.5. The number of hydrogen-bond acceptors (Lipinski definition) is 5. The molecule has 5 rings (SSSR count). The highest BCUT2D eigenvalue weighted by atomic mass is 79.9. The highest BCUT2D eigenvalue weighted by Gasteiger charge is 2.50. The minimum Gasteiger partial charge on any atom is -0.369 e. The van der Waals surface area contributed by atoms with Crippen LogP contribution >= 0.6 is 15.9 Å². The Bertz CT molecular complexity index is 473. The van der Waals surface area contributed by atoms with Gasteiger partial charge in [0.25, 0.3) is 0 Å². The van der Waals surface area contributed by atoms with Gasteiger partial charge in [0.1, 0.15) is 12.2 Å². The number of halogens is 1. The van der Waals surface area contributed by atoms with E-state index in [0.29, 0.717) is 18.0 Å². The van der Waals surface area contributed by atoms with Crippen LogP contribution in [-0.2, 0) is 23.7 Å². The summed E-state index contributed by atoms with van der Waals surface area (Å²) in [6, 6.07) is 0. The quantitative estimate of drug-likeness (QED) is 0.588. The van der Waals surface area contributed by atoms with Crippen LogP contribution in [0.5, 0.6) is 0 Å². The minimum absolute atomic E-state index is 0.0388. The summed E-state index contributed by atoms with van der Waals surface area (Å²) in [6.07, 6.45) is 13.7. The predicted octanol–water partition coefficient (Wildman–Crippen LogP) is 4.45. The lowest BCUT2D eigenvalue weighted by Crippen LogP contribution is -2.48. The summed E-state index contributed by atoms with van der Waals surface area (Å²) in [5.74, 6) is -0.666. The lowest BCUT2D eigenvalue weighted by atomic mass is 9.94. The van der Waals surface area contributed by atoms with E-state index < -0.39 is 0 Å². The number of ether oxygens (including phenoxy) is 5. The van der Waals surface area contributed by atoms with Crippen LogP contribution in [0.2, 0.25) is 0 Å². The summed E-state index contributed by atoms with van der Waals surface area (Å²) >= 11 is 3.87. The third-order valence-corrected chi connectivity index (χ3v) is 7.89. The largest absolute Gasteiger partial charge is 0.369 e. The summed E-state index contributed by atoms with van der Waals surface area (Å²) in [5, 5.41) is 0. The standard InChI is InChI=1S/C21H33BrO5/c22-15-11-16(18-13-23-20(26-18)7-3-1-4-8-20)25-17(12-15)19-14-24-21(27-19)9-5-2-6-10-21/h15-19H,1-14H2/t15?,16-,17+,18-,19-/m1/s1. The Kier molecular flexibility index (Phi) is 5.59. The van der Waals surface area contributed by atoms with Crippen molar-refractivity contribution in [3.8, 4) is 0 Å².